The molecule has 7 rings (SSSR count). The van der Waals surface area contributed by atoms with E-state index in [1.54, 1.807) is 22.9 Å². The number of hydrogen-bond donors (Lipinski definition) is 1. The van der Waals surface area contributed by atoms with Crippen molar-refractivity contribution < 1.29 is 19.0 Å². The average molecular weight is 530 g/mol. The van der Waals surface area contributed by atoms with Gasteiger partial charge < -0.3 is 19.1 Å². The van der Waals surface area contributed by atoms with E-state index in [-0.39, 0.29) is 5.82 Å². The smallest absolute Gasteiger partial charge is 0.136 e. The fraction of sp³-hybridized carbons (Fsp3) is 0.367. The lowest BCUT2D eigenvalue weighted by atomic mass is 9.91. The van der Waals surface area contributed by atoms with E-state index in [1.165, 1.54) is 12.1 Å². The molecule has 0 amide bonds. The first-order valence-corrected chi connectivity index (χ1v) is 13.3. The van der Waals surface area contributed by atoms with Gasteiger partial charge in [0.15, 0.2) is 0 Å². The zero-order chi connectivity index (χ0) is 27.0. The first-order chi connectivity index (χ1) is 18.9. The van der Waals surface area contributed by atoms with Gasteiger partial charge in [0.05, 0.1) is 41.2 Å². The van der Waals surface area contributed by atoms with E-state index in [0.717, 1.165) is 77.1 Å². The van der Waals surface area contributed by atoms with Crippen LogP contribution in [0.25, 0.3) is 33.2 Å². The van der Waals surface area contributed by atoms with E-state index < -0.39 is 5.60 Å². The molecule has 2 aromatic carbocycles. The summed E-state index contributed by atoms with van der Waals surface area (Å²) in [5, 5.41) is 20.4. The molecule has 39 heavy (non-hydrogen) atoms. The summed E-state index contributed by atoms with van der Waals surface area (Å²) in [4.78, 5) is 4.89. The van der Waals surface area contributed by atoms with Crippen LogP contribution in [0.15, 0.2) is 60.8 Å². The number of aromatic nitrogens is 5. The van der Waals surface area contributed by atoms with Crippen LogP contribution in [0.2, 0.25) is 0 Å². The summed E-state index contributed by atoms with van der Waals surface area (Å²) in [6.45, 7) is 5.18. The van der Waals surface area contributed by atoms with Crippen molar-refractivity contribution in [2.75, 3.05) is 26.4 Å². The zero-order valence-electron chi connectivity index (χ0n) is 22.2. The van der Waals surface area contributed by atoms with Crippen molar-refractivity contribution in [1.29, 1.82) is 0 Å². The summed E-state index contributed by atoms with van der Waals surface area (Å²) in [5.41, 5.74) is 6.05. The summed E-state index contributed by atoms with van der Waals surface area (Å²) in [7, 11) is 1.91. The van der Waals surface area contributed by atoms with Gasteiger partial charge in [0.25, 0.3) is 0 Å². The number of aliphatic hydroxyl groups is 1. The molecule has 2 fully saturated rings. The molecule has 0 spiro atoms. The molecule has 1 N–H and O–H groups in total. The van der Waals surface area contributed by atoms with Gasteiger partial charge in [-0.05, 0) is 55.5 Å². The van der Waals surface area contributed by atoms with Crippen molar-refractivity contribution >= 4 is 21.9 Å². The molecule has 9 heteroatoms. The lowest BCUT2D eigenvalue weighted by molar-refractivity contribution is -0.184. The Hall–Kier alpha value is -3.66. The van der Waals surface area contributed by atoms with Crippen LogP contribution in [0, 0.1) is 18.7 Å². The Morgan fingerprint density at radius 1 is 1.03 bits per heavy atom. The van der Waals surface area contributed by atoms with Crippen LogP contribution < -0.4 is 0 Å². The highest BCUT2D eigenvalue weighted by Crippen LogP contribution is 2.37. The Morgan fingerprint density at radius 2 is 1.79 bits per heavy atom. The van der Waals surface area contributed by atoms with Crippen LogP contribution in [-0.4, -0.2) is 56.1 Å². The van der Waals surface area contributed by atoms with Crippen LogP contribution in [0.3, 0.4) is 0 Å². The minimum atomic E-state index is -0.899. The number of ether oxygens (including phenoxy) is 2. The van der Waals surface area contributed by atoms with Crippen molar-refractivity contribution in [2.24, 2.45) is 13.0 Å². The van der Waals surface area contributed by atoms with Gasteiger partial charge in [-0.1, -0.05) is 35.5 Å². The highest BCUT2D eigenvalue weighted by atomic mass is 19.1. The maximum absolute atomic E-state index is 11.9. The fourth-order valence-corrected chi connectivity index (χ4v) is 5.49. The van der Waals surface area contributed by atoms with Crippen LogP contribution in [0.1, 0.15) is 24.1 Å². The number of aryl methyl sites for hydroxylation is 2. The minimum absolute atomic E-state index is 0.178. The Morgan fingerprint density at radius 3 is 2.41 bits per heavy atom. The Labute approximate surface area is 226 Å². The third-order valence-electron chi connectivity index (χ3n) is 7.70. The topological polar surface area (TPSA) is 87.2 Å². The number of nitrogens with zero attached hydrogens (tertiary/aromatic N) is 5. The van der Waals surface area contributed by atoms with E-state index in [9.17, 15) is 9.50 Å². The van der Waals surface area contributed by atoms with Crippen molar-refractivity contribution in [3.63, 3.8) is 0 Å². The van der Waals surface area contributed by atoms with Gasteiger partial charge in [-0.2, -0.15) is 0 Å². The number of halogens is 1. The Balaban J connectivity index is 0.000000346. The van der Waals surface area contributed by atoms with Gasteiger partial charge in [-0.15, -0.1) is 5.10 Å². The quantitative estimate of drug-likeness (QED) is 0.361. The molecule has 8 nitrogen and oxygen atoms in total. The minimum Gasteiger partial charge on any atom is -0.381 e. The Kier molecular flexibility index (Phi) is 6.88. The number of rotatable bonds is 4. The summed E-state index contributed by atoms with van der Waals surface area (Å²) in [5.74, 6) is 0.368. The van der Waals surface area contributed by atoms with E-state index >= 15 is 0 Å². The predicted molar refractivity (Wildman–Crippen MR) is 147 cm³/mol. The van der Waals surface area contributed by atoms with Gasteiger partial charge in [-0.25, -0.2) is 9.07 Å². The molecular formula is C30H32FN5O3. The molecule has 0 aliphatic carbocycles. The molecule has 3 aromatic heterocycles. The molecule has 0 saturated carbocycles. The summed E-state index contributed by atoms with van der Waals surface area (Å²) < 4.78 is 27.0. The predicted octanol–water partition coefficient (Wildman–Crippen LogP) is 4.76. The van der Waals surface area contributed by atoms with Crippen molar-refractivity contribution in [1.82, 2.24) is 24.5 Å². The summed E-state index contributed by atoms with van der Waals surface area (Å²) >= 11 is 0. The van der Waals surface area contributed by atoms with Gasteiger partial charge in [0.2, 0.25) is 0 Å². The molecule has 2 aliphatic heterocycles. The molecule has 0 radical (unpaired) electrons. The standard InChI is InChI=1S/C24H27N5O3.C6H5F/c1-15-23(28(2)27-26-15)17-9-21-22(25-11-17)19-4-3-18(24(30)13-32-14-24)10-20(19)29(21)12-16-5-7-31-8-6-16;7-6-4-2-1-3-5-6/h3-4,9-11,16,30H,5-8,12-14H2,1-2H3;1-5H. The van der Waals surface area contributed by atoms with Gasteiger partial charge in [0.1, 0.15) is 11.4 Å². The number of benzene rings is 2. The number of hydrogen-bond acceptors (Lipinski definition) is 6. The van der Waals surface area contributed by atoms with Crippen LogP contribution in [0.5, 0.6) is 0 Å². The highest BCUT2D eigenvalue weighted by molar-refractivity contribution is 6.06. The van der Waals surface area contributed by atoms with Gasteiger partial charge >= 0.3 is 0 Å². The number of fused-ring (bicyclic) bond motifs is 3. The van der Waals surface area contributed by atoms with Gasteiger partial charge in [-0.3, -0.25) is 4.98 Å². The van der Waals surface area contributed by atoms with Crippen LogP contribution in [0.4, 0.5) is 4.39 Å². The van der Waals surface area contributed by atoms with Crippen molar-refractivity contribution in [2.45, 2.75) is 31.9 Å². The monoisotopic (exact) mass is 529 g/mol. The average Bonchev–Trinajstić information content (AvgIpc) is 3.43. The van der Waals surface area contributed by atoms with Crippen molar-refractivity contribution in [3.05, 3.63) is 77.9 Å². The maximum atomic E-state index is 11.9. The first kappa shape index (κ1) is 25.6. The van der Waals surface area contributed by atoms with Crippen molar-refractivity contribution in [3.8, 4) is 11.3 Å². The number of pyridine rings is 1. The second kappa shape index (κ2) is 10.5. The molecular weight excluding hydrogens is 497 g/mol. The molecule has 2 aliphatic rings. The molecule has 202 valence electrons. The Bertz CT molecular complexity index is 1580. The van der Waals surface area contributed by atoms with E-state index in [1.807, 2.05) is 26.2 Å². The van der Waals surface area contributed by atoms with Crippen LogP contribution >= 0.6 is 0 Å². The third-order valence-corrected chi connectivity index (χ3v) is 7.70. The molecule has 5 aromatic rings. The van der Waals surface area contributed by atoms with Crippen LogP contribution in [-0.2, 0) is 28.7 Å². The van der Waals surface area contributed by atoms with E-state index in [2.05, 4.69) is 33.1 Å². The summed E-state index contributed by atoms with van der Waals surface area (Å²) in [6, 6.07) is 16.4. The molecule has 0 unspecified atom stereocenters. The molecule has 5 heterocycles. The first-order valence-electron chi connectivity index (χ1n) is 13.3. The lowest BCUT2D eigenvalue weighted by Gasteiger charge is -2.36. The second-order valence-electron chi connectivity index (χ2n) is 10.5. The summed E-state index contributed by atoms with van der Waals surface area (Å²) in [6.07, 6.45) is 4.01. The highest BCUT2D eigenvalue weighted by Gasteiger charge is 2.38. The molecule has 2 saturated heterocycles. The lowest BCUT2D eigenvalue weighted by Crippen LogP contribution is -2.46. The van der Waals surface area contributed by atoms with E-state index in [4.69, 9.17) is 14.5 Å². The van der Waals surface area contributed by atoms with E-state index in [0.29, 0.717) is 19.1 Å². The zero-order valence-corrected chi connectivity index (χ0v) is 22.2. The molecule has 0 atom stereocenters. The molecule has 0 bridgehead atoms. The largest absolute Gasteiger partial charge is 0.381 e. The normalized spacial score (nSPS) is 17.1. The third kappa shape index (κ3) is 4.93. The second-order valence-corrected chi connectivity index (χ2v) is 10.5. The van der Waals surface area contributed by atoms with Gasteiger partial charge in [0, 0.05) is 44.0 Å². The SMILES string of the molecule is Cc1nnn(C)c1-c1cnc2c3ccc(C4(O)COC4)cc3n(CC3CCOCC3)c2c1.Fc1ccccc1. The maximum Gasteiger partial charge on any atom is 0.136 e. The fourth-order valence-electron chi connectivity index (χ4n) is 5.49.